The number of aromatic nitrogens is 1. The molecular weight excluding hydrogens is 182 g/mol. The predicted octanol–water partition coefficient (Wildman–Crippen LogP) is 3.99. The molecule has 1 aliphatic rings. The Morgan fingerprint density at radius 2 is 2.20 bits per heavy atom. The van der Waals surface area contributed by atoms with E-state index in [0.717, 1.165) is 0 Å². The maximum Gasteiger partial charge on any atom is 0.0456 e. The van der Waals surface area contributed by atoms with Crippen LogP contribution in [0.25, 0.3) is 10.9 Å². The van der Waals surface area contributed by atoms with Crippen LogP contribution in [0.3, 0.4) is 0 Å². The molecule has 1 aromatic carbocycles. The lowest BCUT2D eigenvalue weighted by Gasteiger charge is -2.16. The molecule has 15 heavy (non-hydrogen) atoms. The number of allylic oxidation sites excluding steroid dienone is 2. The van der Waals surface area contributed by atoms with Gasteiger partial charge in [-0.1, -0.05) is 24.3 Å². The van der Waals surface area contributed by atoms with Gasteiger partial charge in [-0.3, -0.25) is 0 Å². The van der Waals surface area contributed by atoms with Crippen LogP contribution >= 0.6 is 0 Å². The van der Waals surface area contributed by atoms with Gasteiger partial charge in [-0.2, -0.15) is 0 Å². The molecule has 0 amide bonds. The average molecular weight is 197 g/mol. The summed E-state index contributed by atoms with van der Waals surface area (Å²) >= 11 is 0. The van der Waals surface area contributed by atoms with Gasteiger partial charge < -0.3 is 4.98 Å². The van der Waals surface area contributed by atoms with Crippen molar-refractivity contribution < 1.29 is 0 Å². The van der Waals surface area contributed by atoms with Crippen LogP contribution in [0.5, 0.6) is 0 Å². The van der Waals surface area contributed by atoms with Crippen LogP contribution in [0.4, 0.5) is 0 Å². The van der Waals surface area contributed by atoms with Gasteiger partial charge in [0.2, 0.25) is 0 Å². The number of nitrogens with one attached hydrogen (secondary N) is 1. The third-order valence-corrected chi connectivity index (χ3v) is 3.26. The normalized spacial score (nSPS) is 20.9. The lowest BCUT2D eigenvalue weighted by Crippen LogP contribution is -1.98. The molecule has 1 aliphatic carbocycles. The second kappa shape index (κ2) is 3.58. The van der Waals surface area contributed by atoms with Gasteiger partial charge in [0.1, 0.15) is 0 Å². The van der Waals surface area contributed by atoms with E-state index in [1.165, 1.54) is 35.7 Å². The van der Waals surface area contributed by atoms with Crippen LogP contribution in [0, 0.1) is 0 Å². The van der Waals surface area contributed by atoms with Crippen LogP contribution in [0.15, 0.2) is 42.6 Å². The van der Waals surface area contributed by atoms with Crippen molar-refractivity contribution in [3.8, 4) is 0 Å². The summed E-state index contributed by atoms with van der Waals surface area (Å²) in [7, 11) is 0. The number of aromatic amines is 1. The lowest BCUT2D eigenvalue weighted by atomic mass is 9.89. The number of H-pyrrole nitrogens is 1. The Labute approximate surface area is 89.8 Å². The van der Waals surface area contributed by atoms with Crippen molar-refractivity contribution in [3.05, 3.63) is 48.2 Å². The van der Waals surface area contributed by atoms with Crippen LogP contribution in [-0.4, -0.2) is 4.98 Å². The highest BCUT2D eigenvalue weighted by Gasteiger charge is 2.11. The van der Waals surface area contributed by atoms with Crippen LogP contribution in [-0.2, 0) is 0 Å². The highest BCUT2D eigenvalue weighted by atomic mass is 14.7. The fourth-order valence-corrected chi connectivity index (χ4v) is 2.39. The van der Waals surface area contributed by atoms with Crippen molar-refractivity contribution in [2.45, 2.75) is 25.2 Å². The van der Waals surface area contributed by atoms with Crippen LogP contribution in [0.2, 0.25) is 0 Å². The van der Waals surface area contributed by atoms with E-state index in [1.807, 2.05) is 6.20 Å². The Kier molecular flexibility index (Phi) is 2.09. The van der Waals surface area contributed by atoms with Gasteiger partial charge in [0, 0.05) is 17.6 Å². The SMILES string of the molecule is C1=C[C@H](c2ccc3cc[nH]c3c2)CCC1. The minimum absolute atomic E-state index is 0.631. The molecule has 0 fully saturated rings. The molecule has 0 saturated carbocycles. The molecule has 0 saturated heterocycles. The van der Waals surface area contributed by atoms with E-state index in [9.17, 15) is 0 Å². The summed E-state index contributed by atoms with van der Waals surface area (Å²) in [4.78, 5) is 3.27. The summed E-state index contributed by atoms with van der Waals surface area (Å²) in [5.74, 6) is 0.631. The van der Waals surface area contributed by atoms with E-state index in [2.05, 4.69) is 41.4 Å². The fraction of sp³-hybridized carbons (Fsp3) is 0.286. The highest BCUT2D eigenvalue weighted by Crippen LogP contribution is 2.29. The van der Waals surface area contributed by atoms with Gasteiger partial charge in [0.25, 0.3) is 0 Å². The van der Waals surface area contributed by atoms with Crippen molar-refractivity contribution in [1.29, 1.82) is 0 Å². The zero-order chi connectivity index (χ0) is 10.1. The molecule has 2 aromatic rings. The fourth-order valence-electron chi connectivity index (χ4n) is 2.39. The van der Waals surface area contributed by atoms with E-state index in [1.54, 1.807) is 0 Å². The smallest absolute Gasteiger partial charge is 0.0456 e. The Hall–Kier alpha value is -1.50. The summed E-state index contributed by atoms with van der Waals surface area (Å²) < 4.78 is 0. The first kappa shape index (κ1) is 8.78. The van der Waals surface area contributed by atoms with E-state index >= 15 is 0 Å². The number of hydrogen-bond acceptors (Lipinski definition) is 0. The minimum atomic E-state index is 0.631. The van der Waals surface area contributed by atoms with Gasteiger partial charge >= 0.3 is 0 Å². The molecule has 0 unspecified atom stereocenters. The van der Waals surface area contributed by atoms with Crippen molar-refractivity contribution in [2.75, 3.05) is 0 Å². The number of benzene rings is 1. The topological polar surface area (TPSA) is 15.8 Å². The first-order chi connectivity index (χ1) is 7.43. The molecule has 1 nitrogen and oxygen atoms in total. The summed E-state index contributed by atoms with van der Waals surface area (Å²) in [6, 6.07) is 8.88. The first-order valence-electron chi connectivity index (χ1n) is 5.67. The van der Waals surface area contributed by atoms with E-state index in [0.29, 0.717) is 5.92 Å². The van der Waals surface area contributed by atoms with Gasteiger partial charge in [0.05, 0.1) is 0 Å². The zero-order valence-electron chi connectivity index (χ0n) is 8.74. The molecule has 3 rings (SSSR count). The van der Waals surface area contributed by atoms with Gasteiger partial charge in [0.15, 0.2) is 0 Å². The molecule has 1 heteroatoms. The number of fused-ring (bicyclic) bond motifs is 1. The minimum Gasteiger partial charge on any atom is -0.361 e. The zero-order valence-corrected chi connectivity index (χ0v) is 8.74. The standard InChI is InChI=1S/C14H15N/c1-2-4-11(5-3-1)13-7-6-12-8-9-15-14(12)10-13/h2,4,6-11,15H,1,3,5H2/t11-/m0/s1. The van der Waals surface area contributed by atoms with E-state index in [-0.39, 0.29) is 0 Å². The largest absolute Gasteiger partial charge is 0.361 e. The van der Waals surface area contributed by atoms with Gasteiger partial charge in [-0.05, 0) is 42.3 Å². The quantitative estimate of drug-likeness (QED) is 0.665. The second-order valence-corrected chi connectivity index (χ2v) is 4.29. The summed E-state index contributed by atoms with van der Waals surface area (Å²) in [6.07, 6.45) is 10.5. The summed E-state index contributed by atoms with van der Waals surface area (Å²) in [6.45, 7) is 0. The second-order valence-electron chi connectivity index (χ2n) is 4.29. The van der Waals surface area contributed by atoms with Crippen molar-refractivity contribution in [3.63, 3.8) is 0 Å². The van der Waals surface area contributed by atoms with Crippen molar-refractivity contribution >= 4 is 10.9 Å². The Morgan fingerprint density at radius 3 is 3.07 bits per heavy atom. The first-order valence-corrected chi connectivity index (χ1v) is 5.67. The third kappa shape index (κ3) is 1.58. The van der Waals surface area contributed by atoms with Gasteiger partial charge in [-0.25, -0.2) is 0 Å². The molecule has 0 aliphatic heterocycles. The maximum atomic E-state index is 3.27. The Bertz CT molecular complexity index is 493. The molecule has 0 spiro atoms. The third-order valence-electron chi connectivity index (χ3n) is 3.26. The molecule has 0 bridgehead atoms. The lowest BCUT2D eigenvalue weighted by molar-refractivity contribution is 0.655. The highest BCUT2D eigenvalue weighted by molar-refractivity contribution is 5.80. The Morgan fingerprint density at radius 1 is 1.20 bits per heavy atom. The number of rotatable bonds is 1. The molecule has 1 aromatic heterocycles. The summed E-state index contributed by atoms with van der Waals surface area (Å²) in [5.41, 5.74) is 2.70. The Balaban J connectivity index is 2.02. The van der Waals surface area contributed by atoms with Crippen molar-refractivity contribution in [2.24, 2.45) is 0 Å². The van der Waals surface area contributed by atoms with Gasteiger partial charge in [-0.15, -0.1) is 0 Å². The predicted molar refractivity (Wildman–Crippen MR) is 64.0 cm³/mol. The molecule has 1 N–H and O–H groups in total. The van der Waals surface area contributed by atoms with E-state index in [4.69, 9.17) is 0 Å². The van der Waals surface area contributed by atoms with Crippen LogP contribution in [0.1, 0.15) is 30.7 Å². The summed E-state index contributed by atoms with van der Waals surface area (Å²) in [5, 5.41) is 1.30. The number of hydrogen-bond donors (Lipinski definition) is 1. The van der Waals surface area contributed by atoms with Crippen LogP contribution < -0.4 is 0 Å². The molecule has 1 heterocycles. The average Bonchev–Trinajstić information content (AvgIpc) is 2.77. The van der Waals surface area contributed by atoms with E-state index < -0.39 is 0 Å². The van der Waals surface area contributed by atoms with Crippen molar-refractivity contribution in [1.82, 2.24) is 4.98 Å². The molecular formula is C14H15N. The molecule has 76 valence electrons. The molecule has 0 radical (unpaired) electrons. The molecule has 1 atom stereocenters. The monoisotopic (exact) mass is 197 g/mol. The maximum absolute atomic E-state index is 3.27.